The van der Waals surface area contributed by atoms with Crippen LogP contribution in [0.15, 0.2) is 41.7 Å². The molecule has 0 atom stereocenters. The molecule has 2 aromatic rings. The molecule has 1 aliphatic heterocycles. The smallest absolute Gasteiger partial charge is 0.220 e. The minimum atomic E-state index is -0.197. The molecule has 8 nitrogen and oxygen atoms in total. The fourth-order valence-corrected chi connectivity index (χ4v) is 3.77. The first-order valence-electron chi connectivity index (χ1n) is 9.99. The van der Waals surface area contributed by atoms with E-state index in [2.05, 4.69) is 41.8 Å². The molecule has 0 unspecified atom stereocenters. The molecule has 1 amide bonds. The summed E-state index contributed by atoms with van der Waals surface area (Å²) in [5.41, 5.74) is 7.79. The Balaban J connectivity index is 0.00000320. The third-order valence-electron chi connectivity index (χ3n) is 5.53. The van der Waals surface area contributed by atoms with E-state index in [0.29, 0.717) is 6.54 Å². The number of piperidine rings is 1. The Kier molecular flexibility index (Phi) is 8.94. The normalized spacial score (nSPS) is 14.9. The lowest BCUT2D eigenvalue weighted by atomic mass is 9.96. The van der Waals surface area contributed by atoms with E-state index in [1.165, 1.54) is 5.69 Å². The molecule has 0 radical (unpaired) electrons. The van der Waals surface area contributed by atoms with Gasteiger partial charge in [-0.2, -0.15) is 0 Å². The molecule has 1 saturated heterocycles. The second kappa shape index (κ2) is 11.2. The van der Waals surface area contributed by atoms with Crippen LogP contribution in [0.4, 0.5) is 5.82 Å². The van der Waals surface area contributed by atoms with Crippen molar-refractivity contribution in [2.24, 2.45) is 23.7 Å². The summed E-state index contributed by atoms with van der Waals surface area (Å²) in [5, 5.41) is 3.45. The average molecular weight is 525 g/mol. The third-order valence-corrected chi connectivity index (χ3v) is 5.53. The summed E-state index contributed by atoms with van der Waals surface area (Å²) in [6.45, 7) is 2.98. The Hall–Kier alpha value is -2.30. The van der Waals surface area contributed by atoms with Crippen molar-refractivity contribution in [1.29, 1.82) is 0 Å². The van der Waals surface area contributed by atoms with Gasteiger partial charge in [-0.25, -0.2) is 4.98 Å². The number of nitrogens with zero attached hydrogens (tertiary/aromatic N) is 5. The maximum Gasteiger partial charge on any atom is 0.220 e. The van der Waals surface area contributed by atoms with Crippen LogP contribution in [-0.2, 0) is 24.9 Å². The number of nitrogens with two attached hydrogens (primary N) is 1. The summed E-state index contributed by atoms with van der Waals surface area (Å²) in [6, 6.07) is 8.19. The SMILES string of the molecule is CN=C(NCc1cccnc1N1CCC(C(N)=O)CC1)N(C)Cc1cccn1C.I. The highest BCUT2D eigenvalue weighted by molar-refractivity contribution is 14.0. The highest BCUT2D eigenvalue weighted by atomic mass is 127. The zero-order chi connectivity index (χ0) is 20.8. The number of aliphatic imine (C=N–C) groups is 1. The second-order valence-corrected chi connectivity index (χ2v) is 7.52. The zero-order valence-corrected chi connectivity index (χ0v) is 20.2. The van der Waals surface area contributed by atoms with Crippen LogP contribution in [0.25, 0.3) is 0 Å². The number of amides is 1. The minimum absolute atomic E-state index is 0. The van der Waals surface area contributed by atoms with E-state index in [9.17, 15) is 4.79 Å². The van der Waals surface area contributed by atoms with E-state index in [-0.39, 0.29) is 35.8 Å². The summed E-state index contributed by atoms with van der Waals surface area (Å²) in [6.07, 6.45) is 5.41. The molecule has 3 N–H and O–H groups in total. The summed E-state index contributed by atoms with van der Waals surface area (Å²) in [7, 11) is 5.87. The Morgan fingerprint density at radius 3 is 2.67 bits per heavy atom. The van der Waals surface area contributed by atoms with Crippen molar-refractivity contribution >= 4 is 41.7 Å². The molecule has 3 rings (SSSR count). The lowest BCUT2D eigenvalue weighted by Gasteiger charge is -2.32. The molecule has 30 heavy (non-hydrogen) atoms. The molecule has 0 aromatic carbocycles. The molecule has 1 aliphatic rings. The number of primary amides is 1. The monoisotopic (exact) mass is 525 g/mol. The standard InChI is InChI=1S/C21H31N7O.HI/c1-23-21(27(3)15-18-7-5-11-26(18)2)25-14-17-6-4-10-24-20(17)28-12-8-16(9-13-28)19(22)29;/h4-7,10-11,16H,8-9,12-15H2,1-3H3,(H2,22,29)(H,23,25);1H. The fourth-order valence-electron chi connectivity index (χ4n) is 3.77. The Morgan fingerprint density at radius 1 is 1.33 bits per heavy atom. The predicted octanol–water partition coefficient (Wildman–Crippen LogP) is 1.95. The first kappa shape index (κ1) is 24.0. The van der Waals surface area contributed by atoms with Gasteiger partial charge in [0.1, 0.15) is 5.82 Å². The number of hydrogen-bond acceptors (Lipinski definition) is 4. The topological polar surface area (TPSA) is 91.8 Å². The number of halogens is 1. The summed E-state index contributed by atoms with van der Waals surface area (Å²) >= 11 is 0. The highest BCUT2D eigenvalue weighted by Crippen LogP contribution is 2.24. The quantitative estimate of drug-likeness (QED) is 0.342. The van der Waals surface area contributed by atoms with Crippen LogP contribution in [-0.4, -0.2) is 53.5 Å². The Bertz CT molecular complexity index is 859. The number of anilines is 1. The molecule has 0 spiro atoms. The van der Waals surface area contributed by atoms with Crippen LogP contribution < -0.4 is 16.0 Å². The number of rotatable bonds is 6. The van der Waals surface area contributed by atoms with Crippen molar-refractivity contribution in [3.8, 4) is 0 Å². The van der Waals surface area contributed by atoms with E-state index < -0.39 is 0 Å². The lowest BCUT2D eigenvalue weighted by Crippen LogP contribution is -2.40. The molecular weight excluding hydrogens is 493 g/mol. The maximum atomic E-state index is 11.4. The van der Waals surface area contributed by atoms with Gasteiger partial charge < -0.3 is 25.4 Å². The number of aromatic nitrogens is 2. The van der Waals surface area contributed by atoms with Gasteiger partial charge in [0, 0.05) is 70.3 Å². The third kappa shape index (κ3) is 5.87. The Morgan fingerprint density at radius 2 is 2.07 bits per heavy atom. The first-order chi connectivity index (χ1) is 14.0. The molecule has 3 heterocycles. The van der Waals surface area contributed by atoms with E-state index >= 15 is 0 Å². The van der Waals surface area contributed by atoms with Gasteiger partial charge in [0.15, 0.2) is 5.96 Å². The molecule has 2 aromatic heterocycles. The van der Waals surface area contributed by atoms with Crippen LogP contribution in [0, 0.1) is 5.92 Å². The summed E-state index contributed by atoms with van der Waals surface area (Å²) in [4.78, 5) is 24.8. The van der Waals surface area contributed by atoms with E-state index in [1.54, 1.807) is 7.05 Å². The summed E-state index contributed by atoms with van der Waals surface area (Å²) in [5.74, 6) is 1.57. The summed E-state index contributed by atoms with van der Waals surface area (Å²) < 4.78 is 2.11. The van der Waals surface area contributed by atoms with Crippen molar-refractivity contribution in [3.05, 3.63) is 47.9 Å². The van der Waals surface area contributed by atoms with E-state index in [4.69, 9.17) is 5.73 Å². The second-order valence-electron chi connectivity index (χ2n) is 7.52. The maximum absolute atomic E-state index is 11.4. The number of guanidine groups is 1. The number of aryl methyl sites for hydroxylation is 1. The zero-order valence-electron chi connectivity index (χ0n) is 17.9. The van der Waals surface area contributed by atoms with Crippen molar-refractivity contribution in [2.75, 3.05) is 32.1 Å². The van der Waals surface area contributed by atoms with Crippen molar-refractivity contribution < 1.29 is 4.79 Å². The molecule has 9 heteroatoms. The molecule has 0 aliphatic carbocycles. The van der Waals surface area contributed by atoms with Gasteiger partial charge in [-0.3, -0.25) is 9.79 Å². The average Bonchev–Trinajstić information content (AvgIpc) is 3.13. The van der Waals surface area contributed by atoms with Crippen molar-refractivity contribution in [1.82, 2.24) is 19.8 Å². The van der Waals surface area contributed by atoms with Gasteiger partial charge in [-0.15, -0.1) is 24.0 Å². The van der Waals surface area contributed by atoms with Gasteiger partial charge in [0.05, 0.1) is 6.54 Å². The van der Waals surface area contributed by atoms with Crippen molar-refractivity contribution in [3.63, 3.8) is 0 Å². The van der Waals surface area contributed by atoms with E-state index in [0.717, 1.165) is 49.8 Å². The van der Waals surface area contributed by atoms with Gasteiger partial charge >= 0.3 is 0 Å². The van der Waals surface area contributed by atoms with Crippen LogP contribution in [0.3, 0.4) is 0 Å². The van der Waals surface area contributed by atoms with Gasteiger partial charge in [0.25, 0.3) is 0 Å². The van der Waals surface area contributed by atoms with Crippen molar-refractivity contribution in [2.45, 2.75) is 25.9 Å². The highest BCUT2D eigenvalue weighted by Gasteiger charge is 2.25. The molecule has 0 saturated carbocycles. The minimum Gasteiger partial charge on any atom is -0.369 e. The van der Waals surface area contributed by atoms with Gasteiger partial charge in [-0.1, -0.05) is 6.07 Å². The Labute approximate surface area is 195 Å². The lowest BCUT2D eigenvalue weighted by molar-refractivity contribution is -0.122. The fraction of sp³-hybridized carbons (Fsp3) is 0.476. The molecule has 1 fully saturated rings. The van der Waals surface area contributed by atoms with Gasteiger partial charge in [-0.05, 0) is 31.0 Å². The van der Waals surface area contributed by atoms with Gasteiger partial charge in [0.2, 0.25) is 5.91 Å². The van der Waals surface area contributed by atoms with Crippen LogP contribution in [0.5, 0.6) is 0 Å². The van der Waals surface area contributed by atoms with E-state index in [1.807, 2.05) is 38.6 Å². The number of carbonyl (C=O) groups excluding carboxylic acids is 1. The predicted molar refractivity (Wildman–Crippen MR) is 131 cm³/mol. The largest absolute Gasteiger partial charge is 0.369 e. The van der Waals surface area contributed by atoms with Crippen LogP contribution in [0.2, 0.25) is 0 Å². The molecule has 0 bridgehead atoms. The number of pyridine rings is 1. The first-order valence-corrected chi connectivity index (χ1v) is 9.99. The molecular formula is C21H32IN7O. The molecule has 164 valence electrons. The van der Waals surface area contributed by atoms with Crippen LogP contribution in [0.1, 0.15) is 24.1 Å². The number of nitrogens with one attached hydrogen (secondary N) is 1. The number of hydrogen-bond donors (Lipinski definition) is 2. The number of carbonyl (C=O) groups is 1. The van der Waals surface area contributed by atoms with Crippen LogP contribution >= 0.6 is 24.0 Å².